The molecular formula is C9H12N2O2. The van der Waals surface area contributed by atoms with Crippen LogP contribution in [0.1, 0.15) is 12.8 Å². The molecule has 1 aliphatic carbocycles. The van der Waals surface area contributed by atoms with Crippen LogP contribution >= 0.6 is 0 Å². The lowest BCUT2D eigenvalue weighted by Crippen LogP contribution is -2.46. The van der Waals surface area contributed by atoms with Crippen molar-refractivity contribution in [2.45, 2.75) is 12.8 Å². The molecule has 0 atom stereocenters. The monoisotopic (exact) mass is 180 g/mol. The molecule has 1 heterocycles. The van der Waals surface area contributed by atoms with Crippen molar-refractivity contribution in [1.29, 1.82) is 0 Å². The highest BCUT2D eigenvalue weighted by atomic mass is 16.2. The van der Waals surface area contributed by atoms with E-state index < -0.39 is 0 Å². The third-order valence-corrected chi connectivity index (χ3v) is 2.40. The number of hydrogen-bond donors (Lipinski definition) is 1. The summed E-state index contributed by atoms with van der Waals surface area (Å²) < 4.78 is 0. The number of carbonyl (C=O) groups excluding carboxylic acids is 2. The zero-order valence-corrected chi connectivity index (χ0v) is 7.38. The number of nitrogens with one attached hydrogen (secondary N) is 1. The fourth-order valence-electron chi connectivity index (χ4n) is 1.71. The molecule has 0 spiro atoms. The predicted molar refractivity (Wildman–Crippen MR) is 46.9 cm³/mol. The molecular weight excluding hydrogens is 168 g/mol. The number of carbonyl (C=O) groups is 2. The molecule has 1 N–H and O–H groups in total. The molecule has 4 nitrogen and oxygen atoms in total. The van der Waals surface area contributed by atoms with Gasteiger partial charge in [0.2, 0.25) is 5.91 Å². The molecule has 2 aliphatic rings. The van der Waals surface area contributed by atoms with Crippen LogP contribution in [0.4, 0.5) is 0 Å². The van der Waals surface area contributed by atoms with Gasteiger partial charge in [-0.2, -0.15) is 0 Å². The smallest absolute Gasteiger partial charge is 0.239 e. The summed E-state index contributed by atoms with van der Waals surface area (Å²) >= 11 is 0. The summed E-state index contributed by atoms with van der Waals surface area (Å²) in [6.45, 7) is 1.91. The molecule has 1 saturated heterocycles. The fourth-order valence-corrected chi connectivity index (χ4v) is 1.71. The minimum absolute atomic E-state index is 0.0477. The molecule has 0 bridgehead atoms. The van der Waals surface area contributed by atoms with E-state index in [1.165, 1.54) is 0 Å². The van der Waals surface area contributed by atoms with Crippen molar-refractivity contribution in [2.75, 3.05) is 19.6 Å². The molecule has 0 aromatic heterocycles. The lowest BCUT2D eigenvalue weighted by atomic mass is 10.2. The lowest BCUT2D eigenvalue weighted by Gasteiger charge is -2.29. The number of rotatable bonds is 1. The maximum Gasteiger partial charge on any atom is 0.239 e. The van der Waals surface area contributed by atoms with E-state index in [4.69, 9.17) is 0 Å². The zero-order valence-electron chi connectivity index (χ0n) is 7.38. The molecule has 1 fully saturated rings. The number of amides is 1. The summed E-state index contributed by atoms with van der Waals surface area (Å²) in [5, 5.41) is 2.75. The average molecular weight is 180 g/mol. The molecule has 0 aromatic carbocycles. The first-order valence-corrected chi connectivity index (χ1v) is 4.51. The minimum atomic E-state index is 0.0477. The second-order valence-corrected chi connectivity index (χ2v) is 3.37. The quantitative estimate of drug-likeness (QED) is 0.601. The first kappa shape index (κ1) is 8.29. The van der Waals surface area contributed by atoms with Crippen LogP contribution in [0.2, 0.25) is 0 Å². The largest absolute Gasteiger partial charge is 0.364 e. The zero-order chi connectivity index (χ0) is 9.26. The van der Waals surface area contributed by atoms with Gasteiger partial charge in [0.25, 0.3) is 0 Å². The molecule has 0 unspecified atom stereocenters. The Labute approximate surface area is 76.6 Å². The van der Waals surface area contributed by atoms with E-state index in [1.54, 1.807) is 6.08 Å². The fraction of sp³-hybridized carbons (Fsp3) is 0.556. The van der Waals surface area contributed by atoms with Gasteiger partial charge in [0.1, 0.15) is 0 Å². The van der Waals surface area contributed by atoms with Gasteiger partial charge in [-0.1, -0.05) is 0 Å². The maximum absolute atomic E-state index is 11.0. The van der Waals surface area contributed by atoms with Gasteiger partial charge in [0.05, 0.1) is 6.54 Å². The van der Waals surface area contributed by atoms with Gasteiger partial charge in [0, 0.05) is 31.3 Å². The van der Waals surface area contributed by atoms with E-state index in [0.29, 0.717) is 19.5 Å². The molecule has 70 valence electrons. The Kier molecular flexibility index (Phi) is 2.04. The van der Waals surface area contributed by atoms with Crippen molar-refractivity contribution in [1.82, 2.24) is 10.2 Å². The van der Waals surface area contributed by atoms with Crippen LogP contribution in [0.15, 0.2) is 11.8 Å². The highest BCUT2D eigenvalue weighted by Crippen LogP contribution is 2.19. The molecule has 0 aromatic rings. The summed E-state index contributed by atoms with van der Waals surface area (Å²) in [6.07, 6.45) is 3.07. The Balaban J connectivity index is 2.04. The number of ketones is 1. The highest BCUT2D eigenvalue weighted by Gasteiger charge is 2.22. The summed E-state index contributed by atoms with van der Waals surface area (Å²) in [5.41, 5.74) is 1.03. The van der Waals surface area contributed by atoms with Gasteiger partial charge >= 0.3 is 0 Å². The number of allylic oxidation sites excluding steroid dienone is 2. The summed E-state index contributed by atoms with van der Waals surface area (Å²) in [5.74, 6) is 0.229. The van der Waals surface area contributed by atoms with Crippen LogP contribution in [0.3, 0.4) is 0 Å². The summed E-state index contributed by atoms with van der Waals surface area (Å²) in [7, 11) is 0. The topological polar surface area (TPSA) is 49.4 Å². The van der Waals surface area contributed by atoms with Crippen LogP contribution in [-0.4, -0.2) is 36.2 Å². The van der Waals surface area contributed by atoms with Gasteiger partial charge in [0.15, 0.2) is 5.78 Å². The molecule has 1 amide bonds. The van der Waals surface area contributed by atoms with Crippen molar-refractivity contribution in [3.8, 4) is 0 Å². The van der Waals surface area contributed by atoms with E-state index >= 15 is 0 Å². The van der Waals surface area contributed by atoms with Crippen molar-refractivity contribution in [2.24, 2.45) is 0 Å². The van der Waals surface area contributed by atoms with E-state index in [1.807, 2.05) is 4.90 Å². The van der Waals surface area contributed by atoms with Gasteiger partial charge in [-0.15, -0.1) is 0 Å². The number of nitrogens with zero attached hydrogens (tertiary/aromatic N) is 1. The van der Waals surface area contributed by atoms with Crippen molar-refractivity contribution in [3.63, 3.8) is 0 Å². The van der Waals surface area contributed by atoms with Crippen LogP contribution in [0, 0.1) is 0 Å². The van der Waals surface area contributed by atoms with Crippen LogP contribution in [-0.2, 0) is 9.59 Å². The molecule has 4 heteroatoms. The van der Waals surface area contributed by atoms with Gasteiger partial charge in [-0.3, -0.25) is 9.59 Å². The van der Waals surface area contributed by atoms with Crippen molar-refractivity contribution < 1.29 is 9.59 Å². The normalized spacial score (nSPS) is 23.1. The Morgan fingerprint density at radius 1 is 1.31 bits per heavy atom. The SMILES string of the molecule is O=C1C=C(N2CCNC(=O)C2)CC1. The number of piperazine rings is 1. The Morgan fingerprint density at radius 3 is 2.77 bits per heavy atom. The van der Waals surface area contributed by atoms with Crippen molar-refractivity contribution in [3.05, 3.63) is 11.8 Å². The van der Waals surface area contributed by atoms with Crippen LogP contribution in [0.5, 0.6) is 0 Å². The third kappa shape index (κ3) is 1.71. The highest BCUT2D eigenvalue weighted by molar-refractivity contribution is 5.93. The van der Waals surface area contributed by atoms with Crippen LogP contribution in [0.25, 0.3) is 0 Å². The molecule has 0 radical (unpaired) electrons. The van der Waals surface area contributed by atoms with Crippen LogP contribution < -0.4 is 5.32 Å². The second-order valence-electron chi connectivity index (χ2n) is 3.37. The Bertz CT molecular complexity index is 283. The molecule has 0 saturated carbocycles. The van der Waals surface area contributed by atoms with Crippen molar-refractivity contribution >= 4 is 11.7 Å². The van der Waals surface area contributed by atoms with Gasteiger partial charge in [-0.25, -0.2) is 0 Å². The first-order chi connectivity index (χ1) is 6.25. The molecule has 2 rings (SSSR count). The van der Waals surface area contributed by atoms with E-state index in [-0.39, 0.29) is 11.7 Å². The summed E-state index contributed by atoms with van der Waals surface area (Å²) in [6, 6.07) is 0. The summed E-state index contributed by atoms with van der Waals surface area (Å²) in [4.78, 5) is 24.0. The third-order valence-electron chi connectivity index (χ3n) is 2.40. The minimum Gasteiger partial charge on any atom is -0.364 e. The van der Waals surface area contributed by atoms with E-state index in [9.17, 15) is 9.59 Å². The average Bonchev–Trinajstić information content (AvgIpc) is 2.52. The predicted octanol–water partition coefficient (Wildman–Crippen LogP) is -0.335. The first-order valence-electron chi connectivity index (χ1n) is 4.51. The molecule has 1 aliphatic heterocycles. The number of hydrogen-bond acceptors (Lipinski definition) is 3. The second kappa shape index (κ2) is 3.20. The van der Waals surface area contributed by atoms with E-state index in [0.717, 1.165) is 18.7 Å². The standard InChI is InChI=1S/C9H12N2O2/c12-8-2-1-7(5-8)11-4-3-10-9(13)6-11/h5H,1-4,6H2,(H,10,13). The Hall–Kier alpha value is -1.32. The lowest BCUT2D eigenvalue weighted by molar-refractivity contribution is -0.123. The van der Waals surface area contributed by atoms with Gasteiger partial charge < -0.3 is 10.2 Å². The van der Waals surface area contributed by atoms with E-state index in [2.05, 4.69) is 5.32 Å². The van der Waals surface area contributed by atoms with Gasteiger partial charge in [-0.05, 0) is 6.42 Å². The molecule has 13 heavy (non-hydrogen) atoms. The maximum atomic E-state index is 11.0. The Morgan fingerprint density at radius 2 is 2.15 bits per heavy atom.